The maximum atomic E-state index is 11.1. The van der Waals surface area contributed by atoms with Crippen molar-refractivity contribution in [2.24, 2.45) is 0 Å². The molecule has 1 aromatic carbocycles. The predicted molar refractivity (Wildman–Crippen MR) is 65.1 cm³/mol. The molecule has 0 aliphatic heterocycles. The van der Waals surface area contributed by atoms with Crippen LogP contribution in [0.25, 0.3) is 11.0 Å². The van der Waals surface area contributed by atoms with E-state index in [1.807, 2.05) is 13.8 Å². The van der Waals surface area contributed by atoms with E-state index >= 15 is 0 Å². The van der Waals surface area contributed by atoms with E-state index in [4.69, 9.17) is 16.0 Å². The van der Waals surface area contributed by atoms with Crippen LogP contribution in [0.5, 0.6) is 5.75 Å². The molecule has 86 valence electrons. The number of fused-ring (bicyclic) bond motifs is 1. The first-order valence-electron chi connectivity index (χ1n) is 5.02. The van der Waals surface area contributed by atoms with Crippen LogP contribution in [-0.2, 0) is 5.88 Å². The Kier molecular flexibility index (Phi) is 4.38. The Labute approximate surface area is 98.3 Å². The Morgan fingerprint density at radius 3 is 2.62 bits per heavy atom. The van der Waals surface area contributed by atoms with Gasteiger partial charge in [0.2, 0.25) is 0 Å². The molecule has 1 N–H and O–H groups in total. The van der Waals surface area contributed by atoms with E-state index in [9.17, 15) is 9.90 Å². The van der Waals surface area contributed by atoms with Crippen LogP contribution in [0, 0.1) is 0 Å². The third kappa shape index (κ3) is 2.55. The summed E-state index contributed by atoms with van der Waals surface area (Å²) in [7, 11) is 0. The summed E-state index contributed by atoms with van der Waals surface area (Å²) < 4.78 is 4.91. The van der Waals surface area contributed by atoms with Crippen LogP contribution in [0.2, 0.25) is 0 Å². The molecule has 0 aliphatic carbocycles. The molecule has 3 nitrogen and oxygen atoms in total. The minimum absolute atomic E-state index is 0.0624. The van der Waals surface area contributed by atoms with Crippen LogP contribution >= 0.6 is 11.6 Å². The van der Waals surface area contributed by atoms with Gasteiger partial charge in [-0.15, -0.1) is 11.6 Å². The number of aromatic hydroxyl groups is 1. The summed E-state index contributed by atoms with van der Waals surface area (Å²) in [6.07, 6.45) is 0. The minimum atomic E-state index is -0.459. The van der Waals surface area contributed by atoms with Crippen molar-refractivity contribution >= 4 is 22.6 Å². The van der Waals surface area contributed by atoms with Gasteiger partial charge in [0.1, 0.15) is 11.3 Å². The zero-order valence-corrected chi connectivity index (χ0v) is 9.91. The molecule has 2 rings (SSSR count). The molecular formula is C12H13ClO3. The first kappa shape index (κ1) is 12.6. The van der Waals surface area contributed by atoms with Crippen molar-refractivity contribution in [1.82, 2.24) is 0 Å². The van der Waals surface area contributed by atoms with Crippen molar-refractivity contribution < 1.29 is 9.52 Å². The van der Waals surface area contributed by atoms with Gasteiger partial charge in [-0.25, -0.2) is 4.79 Å². The Hall–Kier alpha value is -1.48. The van der Waals surface area contributed by atoms with Gasteiger partial charge in [-0.1, -0.05) is 13.8 Å². The number of alkyl halides is 1. The van der Waals surface area contributed by atoms with Gasteiger partial charge in [-0.05, 0) is 17.7 Å². The van der Waals surface area contributed by atoms with Gasteiger partial charge in [0, 0.05) is 23.4 Å². The predicted octanol–water partition coefficient (Wildman–Crippen LogP) is 3.26. The zero-order chi connectivity index (χ0) is 12.1. The van der Waals surface area contributed by atoms with E-state index in [1.165, 1.54) is 18.2 Å². The molecule has 0 saturated carbocycles. The maximum Gasteiger partial charge on any atom is 0.336 e. The van der Waals surface area contributed by atoms with Gasteiger partial charge in [0.25, 0.3) is 0 Å². The first-order chi connectivity index (χ1) is 7.70. The Morgan fingerprint density at radius 1 is 1.31 bits per heavy atom. The van der Waals surface area contributed by atoms with E-state index in [1.54, 1.807) is 6.07 Å². The number of halogens is 1. The average Bonchev–Trinajstić information content (AvgIpc) is 2.30. The fourth-order valence-corrected chi connectivity index (χ4v) is 1.55. The van der Waals surface area contributed by atoms with Crippen LogP contribution in [0.4, 0.5) is 0 Å². The second-order valence-electron chi connectivity index (χ2n) is 2.90. The van der Waals surface area contributed by atoms with Crippen LogP contribution < -0.4 is 5.63 Å². The molecule has 0 fully saturated rings. The van der Waals surface area contributed by atoms with E-state index < -0.39 is 5.63 Å². The summed E-state index contributed by atoms with van der Waals surface area (Å²) in [5.74, 6) is 0.305. The van der Waals surface area contributed by atoms with Gasteiger partial charge in [0.15, 0.2) is 0 Å². The van der Waals surface area contributed by atoms with E-state index in [2.05, 4.69) is 0 Å². The summed E-state index contributed by atoms with van der Waals surface area (Å²) in [6, 6.07) is 5.95. The Morgan fingerprint density at radius 2 is 2.00 bits per heavy atom. The minimum Gasteiger partial charge on any atom is -0.508 e. The summed E-state index contributed by atoms with van der Waals surface area (Å²) in [6.45, 7) is 4.00. The first-order valence-corrected chi connectivity index (χ1v) is 5.56. The van der Waals surface area contributed by atoms with Crippen molar-refractivity contribution in [2.45, 2.75) is 19.7 Å². The third-order valence-corrected chi connectivity index (χ3v) is 2.25. The molecule has 0 atom stereocenters. The van der Waals surface area contributed by atoms with Gasteiger partial charge in [0.05, 0.1) is 0 Å². The summed E-state index contributed by atoms with van der Waals surface area (Å²) >= 11 is 5.67. The van der Waals surface area contributed by atoms with Crippen molar-refractivity contribution in [1.29, 1.82) is 0 Å². The molecule has 4 heteroatoms. The molecule has 0 spiro atoms. The van der Waals surface area contributed by atoms with Crippen LogP contribution in [-0.4, -0.2) is 5.11 Å². The average molecular weight is 241 g/mol. The molecule has 2 aromatic rings. The zero-order valence-electron chi connectivity index (χ0n) is 9.16. The van der Waals surface area contributed by atoms with Gasteiger partial charge < -0.3 is 9.52 Å². The lowest BCUT2D eigenvalue weighted by atomic mass is 10.1. The van der Waals surface area contributed by atoms with Crippen molar-refractivity contribution in [2.75, 3.05) is 0 Å². The lowest BCUT2D eigenvalue weighted by molar-refractivity contribution is 0.473. The molecule has 1 aromatic heterocycles. The Bertz CT molecular complexity index is 531. The SMILES string of the molecule is CC.O=c1cc(CCl)c2ccc(O)cc2o1. The highest BCUT2D eigenvalue weighted by atomic mass is 35.5. The molecule has 0 aliphatic rings. The number of rotatable bonds is 1. The molecule has 16 heavy (non-hydrogen) atoms. The quantitative estimate of drug-likeness (QED) is 0.615. The summed E-state index contributed by atoms with van der Waals surface area (Å²) in [4.78, 5) is 11.1. The standard InChI is InChI=1S/C10H7ClO3.C2H6/c11-5-6-3-10(13)14-9-4-7(12)1-2-8(6)9;1-2/h1-4,12H,5H2;1-2H3. The molecule has 0 saturated heterocycles. The number of phenolic OH excluding ortho intramolecular Hbond substituents is 1. The lowest BCUT2D eigenvalue weighted by Gasteiger charge is -2.01. The second kappa shape index (κ2) is 5.56. The number of hydrogen-bond acceptors (Lipinski definition) is 3. The van der Waals surface area contributed by atoms with E-state index in [-0.39, 0.29) is 11.6 Å². The topological polar surface area (TPSA) is 50.4 Å². The molecule has 0 radical (unpaired) electrons. The highest BCUT2D eigenvalue weighted by Gasteiger charge is 2.04. The lowest BCUT2D eigenvalue weighted by Crippen LogP contribution is -1.98. The van der Waals surface area contributed by atoms with Gasteiger partial charge in [-0.3, -0.25) is 0 Å². The Balaban J connectivity index is 0.000000606. The second-order valence-corrected chi connectivity index (χ2v) is 3.17. The fourth-order valence-electron chi connectivity index (χ4n) is 1.33. The number of phenols is 1. The number of hydrogen-bond donors (Lipinski definition) is 1. The van der Waals surface area contributed by atoms with Crippen LogP contribution in [0.1, 0.15) is 19.4 Å². The third-order valence-electron chi connectivity index (χ3n) is 1.96. The highest BCUT2D eigenvalue weighted by molar-refractivity contribution is 6.17. The largest absolute Gasteiger partial charge is 0.508 e. The summed E-state index contributed by atoms with van der Waals surface area (Å²) in [5, 5.41) is 9.94. The van der Waals surface area contributed by atoms with Crippen LogP contribution in [0.15, 0.2) is 33.5 Å². The van der Waals surface area contributed by atoms with Gasteiger partial charge >= 0.3 is 5.63 Å². The fraction of sp³-hybridized carbons (Fsp3) is 0.250. The maximum absolute atomic E-state index is 11.1. The van der Waals surface area contributed by atoms with E-state index in [0.717, 1.165) is 5.39 Å². The van der Waals surface area contributed by atoms with Crippen molar-refractivity contribution in [3.05, 3.63) is 40.2 Å². The normalized spacial score (nSPS) is 9.69. The van der Waals surface area contributed by atoms with Crippen molar-refractivity contribution in [3.63, 3.8) is 0 Å². The molecule has 1 heterocycles. The number of benzene rings is 1. The molecule has 0 bridgehead atoms. The highest BCUT2D eigenvalue weighted by Crippen LogP contribution is 2.22. The van der Waals surface area contributed by atoms with Crippen molar-refractivity contribution in [3.8, 4) is 5.75 Å². The molecular weight excluding hydrogens is 228 g/mol. The van der Waals surface area contributed by atoms with E-state index in [0.29, 0.717) is 11.1 Å². The monoisotopic (exact) mass is 240 g/mol. The smallest absolute Gasteiger partial charge is 0.336 e. The molecule has 0 unspecified atom stereocenters. The van der Waals surface area contributed by atoms with Crippen LogP contribution in [0.3, 0.4) is 0 Å². The summed E-state index contributed by atoms with van der Waals surface area (Å²) in [5.41, 5.74) is 0.602. The molecule has 0 amide bonds. The van der Waals surface area contributed by atoms with Gasteiger partial charge in [-0.2, -0.15) is 0 Å².